The molecule has 0 saturated heterocycles. The molecule has 3 aliphatic rings. The first-order chi connectivity index (χ1) is 16.8. The SMILES string of the molecule is CC(C)n1ccc2c(N[C@H]3C4CCC(CC4)[C@@H]3C(=O)O)nc(-c3c[nH]c4c(F)cc(F)cc34)nc21. The quantitative estimate of drug-likeness (QED) is 0.339. The zero-order valence-corrected chi connectivity index (χ0v) is 19.6. The monoisotopic (exact) mass is 479 g/mol. The normalized spacial score (nSPS) is 24.0. The summed E-state index contributed by atoms with van der Waals surface area (Å²) in [6.45, 7) is 4.09. The second kappa shape index (κ2) is 8.03. The van der Waals surface area contributed by atoms with Crippen LogP contribution in [0.2, 0.25) is 0 Å². The number of rotatable bonds is 5. The van der Waals surface area contributed by atoms with Crippen LogP contribution in [0.15, 0.2) is 30.6 Å². The zero-order chi connectivity index (χ0) is 24.4. The van der Waals surface area contributed by atoms with Gasteiger partial charge in [-0.1, -0.05) is 0 Å². The highest BCUT2D eigenvalue weighted by Crippen LogP contribution is 2.47. The number of benzene rings is 1. The van der Waals surface area contributed by atoms with Crippen LogP contribution in [0.4, 0.5) is 14.6 Å². The molecule has 2 atom stereocenters. The first kappa shape index (κ1) is 22.0. The van der Waals surface area contributed by atoms with E-state index in [4.69, 9.17) is 9.97 Å². The lowest BCUT2D eigenvalue weighted by Gasteiger charge is -2.47. The number of nitrogens with one attached hydrogen (secondary N) is 2. The summed E-state index contributed by atoms with van der Waals surface area (Å²) in [6.07, 6.45) is 7.42. The van der Waals surface area contributed by atoms with Crippen molar-refractivity contribution in [2.45, 2.75) is 51.6 Å². The number of carboxylic acid groups (broad SMARTS) is 1. The number of halogens is 2. The summed E-state index contributed by atoms with van der Waals surface area (Å²) in [7, 11) is 0. The Labute approximate surface area is 200 Å². The van der Waals surface area contributed by atoms with Crippen molar-refractivity contribution in [3.05, 3.63) is 42.2 Å². The van der Waals surface area contributed by atoms with Gasteiger partial charge in [-0.25, -0.2) is 18.7 Å². The van der Waals surface area contributed by atoms with Crippen LogP contribution in [0.5, 0.6) is 0 Å². The third kappa shape index (κ3) is 3.47. The van der Waals surface area contributed by atoms with Crippen LogP contribution in [0.25, 0.3) is 33.3 Å². The molecule has 4 aromatic rings. The molecule has 0 radical (unpaired) electrons. The molecule has 3 heterocycles. The molecule has 0 unspecified atom stereocenters. The van der Waals surface area contributed by atoms with Gasteiger partial charge >= 0.3 is 5.97 Å². The van der Waals surface area contributed by atoms with E-state index in [0.717, 1.165) is 37.1 Å². The van der Waals surface area contributed by atoms with Crippen LogP contribution >= 0.6 is 0 Å². The molecule has 3 aromatic heterocycles. The van der Waals surface area contributed by atoms with Crippen molar-refractivity contribution in [2.75, 3.05) is 5.32 Å². The fourth-order valence-electron chi connectivity index (χ4n) is 6.19. The molecule has 0 aliphatic heterocycles. The molecule has 2 bridgehead atoms. The van der Waals surface area contributed by atoms with Gasteiger partial charge in [0.15, 0.2) is 5.82 Å². The minimum Gasteiger partial charge on any atom is -0.481 e. The third-order valence-corrected chi connectivity index (χ3v) is 7.88. The highest BCUT2D eigenvalue weighted by molar-refractivity contribution is 5.97. The molecule has 3 N–H and O–H groups in total. The first-order valence-corrected chi connectivity index (χ1v) is 12.2. The number of hydrogen-bond donors (Lipinski definition) is 3. The van der Waals surface area contributed by atoms with E-state index in [1.54, 1.807) is 6.20 Å². The van der Waals surface area contributed by atoms with Gasteiger partial charge in [-0.3, -0.25) is 4.79 Å². The molecule has 7 rings (SSSR count). The second-order valence-corrected chi connectivity index (χ2v) is 10.2. The predicted molar refractivity (Wildman–Crippen MR) is 129 cm³/mol. The summed E-state index contributed by atoms with van der Waals surface area (Å²) in [6, 6.07) is 3.94. The van der Waals surface area contributed by atoms with Gasteiger partial charge in [-0.15, -0.1) is 0 Å². The molecule has 1 aromatic carbocycles. The molecule has 3 fully saturated rings. The molecule has 0 amide bonds. The Bertz CT molecular complexity index is 1450. The van der Waals surface area contributed by atoms with E-state index in [2.05, 4.69) is 10.3 Å². The van der Waals surface area contributed by atoms with Crippen LogP contribution in [0.1, 0.15) is 45.6 Å². The average molecular weight is 480 g/mol. The summed E-state index contributed by atoms with van der Waals surface area (Å²) in [5.41, 5.74) is 1.36. The van der Waals surface area contributed by atoms with Crippen molar-refractivity contribution in [1.29, 1.82) is 0 Å². The zero-order valence-electron chi connectivity index (χ0n) is 19.6. The maximum atomic E-state index is 14.4. The molecule has 3 saturated carbocycles. The lowest BCUT2D eigenvalue weighted by molar-refractivity contribution is -0.148. The van der Waals surface area contributed by atoms with Gasteiger partial charge in [-0.2, -0.15) is 0 Å². The van der Waals surface area contributed by atoms with Crippen molar-refractivity contribution >= 4 is 33.7 Å². The number of aromatic nitrogens is 4. The summed E-state index contributed by atoms with van der Waals surface area (Å²) >= 11 is 0. The van der Waals surface area contributed by atoms with Gasteiger partial charge in [-0.05, 0) is 63.5 Å². The number of hydrogen-bond acceptors (Lipinski definition) is 4. The highest BCUT2D eigenvalue weighted by Gasteiger charge is 2.47. The third-order valence-electron chi connectivity index (χ3n) is 7.88. The Kier molecular flexibility index (Phi) is 5.05. The number of aliphatic carboxylic acids is 1. The number of anilines is 1. The Balaban J connectivity index is 1.52. The molecule has 7 nitrogen and oxygen atoms in total. The number of carbonyl (C=O) groups is 1. The molecule has 182 valence electrons. The molecule has 0 spiro atoms. The predicted octanol–water partition coefficient (Wildman–Crippen LogP) is 5.74. The summed E-state index contributed by atoms with van der Waals surface area (Å²) in [4.78, 5) is 24.7. The van der Waals surface area contributed by atoms with Crippen LogP contribution in [-0.2, 0) is 4.79 Å². The highest BCUT2D eigenvalue weighted by atomic mass is 19.1. The van der Waals surface area contributed by atoms with E-state index in [-0.39, 0.29) is 29.4 Å². The Morgan fingerprint density at radius 1 is 1.14 bits per heavy atom. The molecule has 3 aliphatic carbocycles. The largest absolute Gasteiger partial charge is 0.481 e. The number of carboxylic acids is 1. The molecule has 9 heteroatoms. The van der Waals surface area contributed by atoms with E-state index in [1.165, 1.54) is 6.07 Å². The van der Waals surface area contributed by atoms with Crippen LogP contribution in [0.3, 0.4) is 0 Å². The van der Waals surface area contributed by atoms with Crippen molar-refractivity contribution in [3.8, 4) is 11.4 Å². The van der Waals surface area contributed by atoms with E-state index >= 15 is 0 Å². The van der Waals surface area contributed by atoms with Crippen molar-refractivity contribution in [3.63, 3.8) is 0 Å². The first-order valence-electron chi connectivity index (χ1n) is 12.2. The van der Waals surface area contributed by atoms with Crippen molar-refractivity contribution < 1.29 is 18.7 Å². The van der Waals surface area contributed by atoms with Gasteiger partial charge in [0.2, 0.25) is 0 Å². The lowest BCUT2D eigenvalue weighted by Crippen LogP contribution is -2.51. The smallest absolute Gasteiger partial charge is 0.308 e. The van der Waals surface area contributed by atoms with E-state index in [0.29, 0.717) is 28.2 Å². The van der Waals surface area contributed by atoms with E-state index in [1.807, 2.05) is 30.7 Å². The molecular weight excluding hydrogens is 452 g/mol. The second-order valence-electron chi connectivity index (χ2n) is 10.2. The maximum Gasteiger partial charge on any atom is 0.308 e. The minimum absolute atomic E-state index is 0.124. The number of aromatic amines is 1. The lowest BCUT2D eigenvalue weighted by atomic mass is 9.61. The van der Waals surface area contributed by atoms with Gasteiger partial charge in [0.25, 0.3) is 0 Å². The Morgan fingerprint density at radius 2 is 1.89 bits per heavy atom. The Hall–Kier alpha value is -3.49. The molecule has 35 heavy (non-hydrogen) atoms. The maximum absolute atomic E-state index is 14.4. The summed E-state index contributed by atoms with van der Waals surface area (Å²) in [5.74, 6) is -1.31. The van der Waals surface area contributed by atoms with Crippen LogP contribution in [0, 0.1) is 29.4 Å². The molecular formula is C26H27F2N5O2. The fraction of sp³-hybridized carbons (Fsp3) is 0.423. The number of fused-ring (bicyclic) bond motifs is 5. The number of H-pyrrole nitrogens is 1. The average Bonchev–Trinajstić information content (AvgIpc) is 3.44. The van der Waals surface area contributed by atoms with Gasteiger partial charge in [0.1, 0.15) is 23.1 Å². The topological polar surface area (TPSA) is 95.8 Å². The fourth-order valence-corrected chi connectivity index (χ4v) is 6.19. The van der Waals surface area contributed by atoms with Crippen LogP contribution in [-0.4, -0.2) is 36.6 Å². The van der Waals surface area contributed by atoms with Gasteiger partial charge in [0, 0.05) is 41.5 Å². The summed E-state index contributed by atoms with van der Waals surface area (Å²) < 4.78 is 30.4. The van der Waals surface area contributed by atoms with Crippen LogP contribution < -0.4 is 5.32 Å². The van der Waals surface area contributed by atoms with Crippen molar-refractivity contribution in [1.82, 2.24) is 19.5 Å². The Morgan fingerprint density at radius 3 is 2.60 bits per heavy atom. The minimum atomic E-state index is -0.773. The van der Waals surface area contributed by atoms with E-state index < -0.39 is 23.5 Å². The van der Waals surface area contributed by atoms with E-state index in [9.17, 15) is 18.7 Å². The number of nitrogens with zero attached hydrogens (tertiary/aromatic N) is 3. The van der Waals surface area contributed by atoms with Crippen molar-refractivity contribution in [2.24, 2.45) is 17.8 Å². The van der Waals surface area contributed by atoms with Gasteiger partial charge in [0.05, 0.1) is 16.8 Å². The van der Waals surface area contributed by atoms with Gasteiger partial charge < -0.3 is 20.0 Å². The standard InChI is InChI=1S/C26H27F2N5O2/c1-12(2)33-8-7-16-23(30-21-14-5-3-13(4-6-14)20(21)26(34)35)31-24(32-25(16)33)18-11-29-22-17(18)9-15(27)10-19(22)28/h7-14,20-21,29H,3-6H2,1-2H3,(H,34,35)(H,30,31,32)/t13?,14?,20-,21-/m0/s1. The summed E-state index contributed by atoms with van der Waals surface area (Å²) in [5, 5.41) is 14.7.